The zero-order chi connectivity index (χ0) is 13.0. The second kappa shape index (κ2) is 5.63. The second-order valence-corrected chi connectivity index (χ2v) is 3.97. The standard InChI is InChI=1S/C11H11ClFNO3/c1-6(15)14-10(11(16)17)5-7-4-8(12)2-3-9(7)13/h2-4,10H,5H2,1H3,(H,14,15)(H,16,17)/t10-/m0/s1. The molecule has 0 aliphatic heterocycles. The van der Waals surface area contributed by atoms with Crippen LogP contribution in [0.5, 0.6) is 0 Å². The number of carboxylic acids is 1. The van der Waals surface area contributed by atoms with Crippen molar-refractivity contribution in [2.45, 2.75) is 19.4 Å². The lowest BCUT2D eigenvalue weighted by Gasteiger charge is -2.13. The van der Waals surface area contributed by atoms with Gasteiger partial charge in [0.25, 0.3) is 0 Å². The molecule has 1 rings (SSSR count). The summed E-state index contributed by atoms with van der Waals surface area (Å²) in [5.41, 5.74) is 0.152. The predicted molar refractivity (Wildman–Crippen MR) is 60.4 cm³/mol. The highest BCUT2D eigenvalue weighted by atomic mass is 35.5. The van der Waals surface area contributed by atoms with Crippen molar-refractivity contribution >= 4 is 23.5 Å². The molecule has 0 radical (unpaired) electrons. The average molecular weight is 260 g/mol. The van der Waals surface area contributed by atoms with Crippen LogP contribution < -0.4 is 5.32 Å². The molecule has 17 heavy (non-hydrogen) atoms. The first-order valence-electron chi connectivity index (χ1n) is 4.84. The smallest absolute Gasteiger partial charge is 0.326 e. The van der Waals surface area contributed by atoms with E-state index in [2.05, 4.69) is 5.32 Å². The first-order chi connectivity index (χ1) is 7.90. The molecule has 0 aliphatic carbocycles. The van der Waals surface area contributed by atoms with Crippen molar-refractivity contribution in [2.75, 3.05) is 0 Å². The number of carbonyl (C=O) groups is 2. The number of amides is 1. The van der Waals surface area contributed by atoms with Gasteiger partial charge in [-0.1, -0.05) is 11.6 Å². The summed E-state index contributed by atoms with van der Waals surface area (Å²) in [6, 6.07) is 2.70. The van der Waals surface area contributed by atoms with E-state index in [-0.39, 0.29) is 12.0 Å². The van der Waals surface area contributed by atoms with Crippen LogP contribution in [-0.2, 0) is 16.0 Å². The topological polar surface area (TPSA) is 66.4 Å². The summed E-state index contributed by atoms with van der Waals surface area (Å²) in [7, 11) is 0. The summed E-state index contributed by atoms with van der Waals surface area (Å²) < 4.78 is 13.4. The van der Waals surface area contributed by atoms with E-state index in [4.69, 9.17) is 16.7 Å². The molecule has 0 saturated carbocycles. The first-order valence-corrected chi connectivity index (χ1v) is 5.21. The van der Waals surface area contributed by atoms with Crippen LogP contribution in [0.25, 0.3) is 0 Å². The highest BCUT2D eigenvalue weighted by Crippen LogP contribution is 2.16. The van der Waals surface area contributed by atoms with E-state index in [9.17, 15) is 14.0 Å². The number of hydrogen-bond donors (Lipinski definition) is 2. The Bertz CT molecular complexity index is 450. The van der Waals surface area contributed by atoms with Gasteiger partial charge in [-0.25, -0.2) is 9.18 Å². The monoisotopic (exact) mass is 259 g/mol. The third-order valence-corrected chi connectivity index (χ3v) is 2.34. The van der Waals surface area contributed by atoms with Gasteiger partial charge < -0.3 is 10.4 Å². The van der Waals surface area contributed by atoms with Gasteiger partial charge in [-0.3, -0.25) is 4.79 Å². The van der Waals surface area contributed by atoms with Gasteiger partial charge in [0.1, 0.15) is 11.9 Å². The Morgan fingerprint density at radius 1 is 1.53 bits per heavy atom. The molecular weight excluding hydrogens is 249 g/mol. The summed E-state index contributed by atoms with van der Waals surface area (Å²) in [5.74, 6) is -2.26. The van der Waals surface area contributed by atoms with Crippen LogP contribution in [0.1, 0.15) is 12.5 Å². The molecule has 0 heterocycles. The lowest BCUT2D eigenvalue weighted by Crippen LogP contribution is -2.41. The van der Waals surface area contributed by atoms with E-state index >= 15 is 0 Å². The normalized spacial score (nSPS) is 11.9. The molecule has 0 aliphatic rings. The van der Waals surface area contributed by atoms with Crippen LogP contribution in [-0.4, -0.2) is 23.0 Å². The summed E-state index contributed by atoms with van der Waals surface area (Å²) in [6.45, 7) is 1.20. The quantitative estimate of drug-likeness (QED) is 0.863. The molecule has 0 spiro atoms. The fourth-order valence-electron chi connectivity index (χ4n) is 1.37. The Hall–Kier alpha value is -1.62. The summed E-state index contributed by atoms with van der Waals surface area (Å²) in [6.07, 6.45) is -0.151. The lowest BCUT2D eigenvalue weighted by molar-refractivity contribution is -0.141. The van der Waals surface area contributed by atoms with Gasteiger partial charge in [-0.05, 0) is 23.8 Å². The number of benzene rings is 1. The number of halogens is 2. The molecule has 1 aromatic carbocycles. The Labute approximate surface area is 102 Å². The average Bonchev–Trinajstić information content (AvgIpc) is 2.21. The molecule has 0 unspecified atom stereocenters. The molecular formula is C11H11ClFNO3. The van der Waals surface area contributed by atoms with Crippen molar-refractivity contribution in [1.29, 1.82) is 0 Å². The number of carbonyl (C=O) groups excluding carboxylic acids is 1. The van der Waals surface area contributed by atoms with Crippen molar-refractivity contribution in [1.82, 2.24) is 5.32 Å². The SMILES string of the molecule is CC(=O)N[C@@H](Cc1cc(Cl)ccc1F)C(=O)O. The van der Waals surface area contributed by atoms with E-state index < -0.39 is 23.7 Å². The molecule has 1 amide bonds. The number of aliphatic carboxylic acids is 1. The van der Waals surface area contributed by atoms with Crippen molar-refractivity contribution < 1.29 is 19.1 Å². The van der Waals surface area contributed by atoms with E-state index in [1.165, 1.54) is 19.1 Å². The van der Waals surface area contributed by atoms with Crippen molar-refractivity contribution in [3.63, 3.8) is 0 Å². The number of rotatable bonds is 4. The molecule has 0 fully saturated rings. The Morgan fingerprint density at radius 2 is 2.18 bits per heavy atom. The molecule has 1 aromatic rings. The third kappa shape index (κ3) is 4.03. The lowest BCUT2D eigenvalue weighted by atomic mass is 10.1. The third-order valence-electron chi connectivity index (χ3n) is 2.11. The molecule has 2 N–H and O–H groups in total. The van der Waals surface area contributed by atoms with Crippen molar-refractivity contribution in [3.8, 4) is 0 Å². The van der Waals surface area contributed by atoms with Crippen molar-refractivity contribution in [2.24, 2.45) is 0 Å². The molecule has 92 valence electrons. The fourth-order valence-corrected chi connectivity index (χ4v) is 1.56. The number of hydrogen-bond acceptors (Lipinski definition) is 2. The highest BCUT2D eigenvalue weighted by molar-refractivity contribution is 6.30. The van der Waals surface area contributed by atoms with Crippen molar-refractivity contribution in [3.05, 3.63) is 34.6 Å². The predicted octanol–water partition coefficient (Wildman–Crippen LogP) is 1.61. The minimum absolute atomic E-state index is 0.151. The van der Waals surface area contributed by atoms with E-state index in [1.807, 2.05) is 0 Å². The molecule has 0 bridgehead atoms. The fraction of sp³-hybridized carbons (Fsp3) is 0.273. The van der Waals surface area contributed by atoms with Gasteiger partial charge in [0.15, 0.2) is 0 Å². The zero-order valence-electron chi connectivity index (χ0n) is 9.04. The van der Waals surface area contributed by atoms with E-state index in [0.29, 0.717) is 5.02 Å². The first kappa shape index (κ1) is 13.4. The molecule has 4 nitrogen and oxygen atoms in total. The van der Waals surface area contributed by atoms with E-state index in [1.54, 1.807) is 0 Å². The Morgan fingerprint density at radius 3 is 2.71 bits per heavy atom. The maximum Gasteiger partial charge on any atom is 0.326 e. The van der Waals surface area contributed by atoms with Crippen LogP contribution in [0.15, 0.2) is 18.2 Å². The minimum Gasteiger partial charge on any atom is -0.480 e. The highest BCUT2D eigenvalue weighted by Gasteiger charge is 2.20. The van der Waals surface area contributed by atoms with Crippen LogP contribution in [0.2, 0.25) is 5.02 Å². The van der Waals surface area contributed by atoms with Gasteiger partial charge >= 0.3 is 5.97 Å². The zero-order valence-corrected chi connectivity index (χ0v) is 9.79. The Balaban J connectivity index is 2.89. The Kier molecular flexibility index (Phi) is 4.45. The van der Waals surface area contributed by atoms with Gasteiger partial charge in [-0.15, -0.1) is 0 Å². The molecule has 0 aromatic heterocycles. The van der Waals surface area contributed by atoms with Gasteiger partial charge in [-0.2, -0.15) is 0 Å². The number of nitrogens with one attached hydrogen (secondary N) is 1. The summed E-state index contributed by atoms with van der Waals surface area (Å²) in [4.78, 5) is 21.7. The second-order valence-electron chi connectivity index (χ2n) is 3.53. The maximum atomic E-state index is 13.4. The number of carboxylic acid groups (broad SMARTS) is 1. The largest absolute Gasteiger partial charge is 0.480 e. The van der Waals surface area contributed by atoms with Gasteiger partial charge in [0, 0.05) is 18.4 Å². The van der Waals surface area contributed by atoms with Gasteiger partial charge in [0.2, 0.25) is 5.91 Å². The van der Waals surface area contributed by atoms with Gasteiger partial charge in [0.05, 0.1) is 0 Å². The summed E-state index contributed by atoms with van der Waals surface area (Å²) >= 11 is 5.68. The van der Waals surface area contributed by atoms with Crippen LogP contribution >= 0.6 is 11.6 Å². The summed E-state index contributed by atoms with van der Waals surface area (Å²) in [5, 5.41) is 11.4. The maximum absolute atomic E-state index is 13.4. The van der Waals surface area contributed by atoms with Crippen LogP contribution in [0, 0.1) is 5.82 Å². The molecule has 6 heteroatoms. The van der Waals surface area contributed by atoms with Crippen LogP contribution in [0.4, 0.5) is 4.39 Å². The van der Waals surface area contributed by atoms with Crippen LogP contribution in [0.3, 0.4) is 0 Å². The minimum atomic E-state index is -1.22. The molecule has 1 atom stereocenters. The van der Waals surface area contributed by atoms with E-state index in [0.717, 1.165) is 6.07 Å². The molecule has 0 saturated heterocycles.